The van der Waals surface area contributed by atoms with E-state index in [2.05, 4.69) is 48.7 Å². The molecule has 2 N–H and O–H groups in total. The average molecular weight is 277 g/mol. The molecule has 0 aliphatic heterocycles. The second-order valence-corrected chi connectivity index (χ2v) is 5.29. The minimum atomic E-state index is -0.0524. The molecule has 0 saturated heterocycles. The zero-order valence-corrected chi connectivity index (χ0v) is 13.1. The fraction of sp³-hybridized carbons (Fsp3) is 0.562. The highest BCUT2D eigenvalue weighted by atomic mass is 16.2. The monoisotopic (exact) mass is 277 g/mol. The number of nitrogens with one attached hydrogen (secondary N) is 2. The zero-order chi connectivity index (χ0) is 15.0. The molecule has 0 aromatic heterocycles. The summed E-state index contributed by atoms with van der Waals surface area (Å²) >= 11 is 0. The highest BCUT2D eigenvalue weighted by Crippen LogP contribution is 2.13. The molecule has 0 saturated carbocycles. The van der Waals surface area contributed by atoms with Crippen molar-refractivity contribution >= 4 is 6.03 Å². The Kier molecular flexibility index (Phi) is 7.09. The van der Waals surface area contributed by atoms with Crippen molar-refractivity contribution in [2.45, 2.75) is 32.7 Å². The first kappa shape index (κ1) is 16.5. The molecule has 1 atom stereocenters. The predicted octanol–water partition coefficient (Wildman–Crippen LogP) is 2.56. The highest BCUT2D eigenvalue weighted by Gasteiger charge is 2.05. The van der Waals surface area contributed by atoms with E-state index in [1.165, 1.54) is 22.4 Å². The van der Waals surface area contributed by atoms with Gasteiger partial charge in [0.1, 0.15) is 0 Å². The maximum absolute atomic E-state index is 11.3. The summed E-state index contributed by atoms with van der Waals surface area (Å²) in [6.07, 6.45) is 2.32. The van der Waals surface area contributed by atoms with Crippen LogP contribution < -0.4 is 10.6 Å². The molecule has 0 bridgehead atoms. The van der Waals surface area contributed by atoms with Crippen LogP contribution in [0, 0.1) is 0 Å². The van der Waals surface area contributed by atoms with Crippen LogP contribution in [-0.4, -0.2) is 38.1 Å². The molecule has 1 rings (SSSR count). The van der Waals surface area contributed by atoms with Crippen molar-refractivity contribution in [3.05, 3.63) is 35.4 Å². The van der Waals surface area contributed by atoms with Crippen molar-refractivity contribution in [2.24, 2.45) is 0 Å². The van der Waals surface area contributed by atoms with Crippen molar-refractivity contribution in [3.63, 3.8) is 0 Å². The lowest BCUT2D eigenvalue weighted by molar-refractivity contribution is 0.217. The van der Waals surface area contributed by atoms with Gasteiger partial charge in [0.15, 0.2) is 0 Å². The minimum absolute atomic E-state index is 0.0524. The van der Waals surface area contributed by atoms with Gasteiger partial charge in [-0.25, -0.2) is 4.79 Å². The standard InChI is InChI=1S/C16H27N3O/c1-5-6-14-7-9-15(10-8-14)13(2)17-11-12-18-16(20)19(3)4/h7-10,13,17H,5-6,11-12H2,1-4H3,(H,18,20). The van der Waals surface area contributed by atoms with Crippen molar-refractivity contribution in [1.29, 1.82) is 0 Å². The summed E-state index contributed by atoms with van der Waals surface area (Å²) in [6, 6.07) is 9.00. The summed E-state index contributed by atoms with van der Waals surface area (Å²) in [7, 11) is 3.48. The lowest BCUT2D eigenvalue weighted by atomic mass is 10.0. The van der Waals surface area contributed by atoms with Crippen LogP contribution in [-0.2, 0) is 6.42 Å². The van der Waals surface area contributed by atoms with Crippen LogP contribution in [0.4, 0.5) is 4.79 Å². The van der Waals surface area contributed by atoms with E-state index in [4.69, 9.17) is 0 Å². The number of nitrogens with zero attached hydrogens (tertiary/aromatic N) is 1. The van der Waals surface area contributed by atoms with E-state index in [-0.39, 0.29) is 6.03 Å². The molecular formula is C16H27N3O. The van der Waals surface area contributed by atoms with Crippen LogP contribution in [0.15, 0.2) is 24.3 Å². The van der Waals surface area contributed by atoms with Gasteiger partial charge in [0.25, 0.3) is 0 Å². The molecule has 1 aromatic rings. The fourth-order valence-corrected chi connectivity index (χ4v) is 2.00. The summed E-state index contributed by atoms with van der Waals surface area (Å²) in [5.41, 5.74) is 2.67. The summed E-state index contributed by atoms with van der Waals surface area (Å²) in [5, 5.41) is 6.25. The van der Waals surface area contributed by atoms with E-state index in [0.717, 1.165) is 13.0 Å². The number of amides is 2. The van der Waals surface area contributed by atoms with Crippen molar-refractivity contribution < 1.29 is 4.79 Å². The van der Waals surface area contributed by atoms with Crippen molar-refractivity contribution in [2.75, 3.05) is 27.2 Å². The van der Waals surface area contributed by atoms with Crippen LogP contribution >= 0.6 is 0 Å². The molecular weight excluding hydrogens is 250 g/mol. The molecule has 0 radical (unpaired) electrons. The molecule has 112 valence electrons. The first-order valence-corrected chi connectivity index (χ1v) is 7.32. The van der Waals surface area contributed by atoms with Crippen LogP contribution in [0.1, 0.15) is 37.4 Å². The van der Waals surface area contributed by atoms with Gasteiger partial charge >= 0.3 is 6.03 Å². The Hall–Kier alpha value is -1.55. The molecule has 20 heavy (non-hydrogen) atoms. The van der Waals surface area contributed by atoms with E-state index >= 15 is 0 Å². The van der Waals surface area contributed by atoms with Gasteiger partial charge in [0.05, 0.1) is 0 Å². The predicted molar refractivity (Wildman–Crippen MR) is 83.9 cm³/mol. The number of urea groups is 1. The van der Waals surface area contributed by atoms with E-state index in [1.807, 2.05) is 0 Å². The van der Waals surface area contributed by atoms with Gasteiger partial charge in [-0.05, 0) is 24.5 Å². The number of benzene rings is 1. The quantitative estimate of drug-likeness (QED) is 0.752. The van der Waals surface area contributed by atoms with Gasteiger partial charge in [-0.2, -0.15) is 0 Å². The molecule has 4 heteroatoms. The SMILES string of the molecule is CCCc1ccc(C(C)NCCNC(=O)N(C)C)cc1. The molecule has 1 unspecified atom stereocenters. The first-order valence-electron chi connectivity index (χ1n) is 7.32. The topological polar surface area (TPSA) is 44.4 Å². The molecule has 0 heterocycles. The summed E-state index contributed by atoms with van der Waals surface area (Å²) < 4.78 is 0. The van der Waals surface area contributed by atoms with Gasteiger partial charge in [0.2, 0.25) is 0 Å². The Balaban J connectivity index is 2.31. The summed E-state index contributed by atoms with van der Waals surface area (Å²) in [6.45, 7) is 5.73. The lowest BCUT2D eigenvalue weighted by Gasteiger charge is -2.16. The Morgan fingerprint density at radius 1 is 1.20 bits per heavy atom. The zero-order valence-electron chi connectivity index (χ0n) is 13.1. The Morgan fingerprint density at radius 3 is 2.40 bits per heavy atom. The minimum Gasteiger partial charge on any atom is -0.337 e. The third-order valence-electron chi connectivity index (χ3n) is 3.28. The Bertz CT molecular complexity index is 401. The number of hydrogen-bond donors (Lipinski definition) is 2. The van der Waals surface area contributed by atoms with Gasteiger partial charge in [-0.1, -0.05) is 37.6 Å². The van der Waals surface area contributed by atoms with Gasteiger partial charge in [0, 0.05) is 33.2 Å². The Morgan fingerprint density at radius 2 is 1.85 bits per heavy atom. The van der Waals surface area contributed by atoms with Crippen molar-refractivity contribution in [1.82, 2.24) is 15.5 Å². The normalized spacial score (nSPS) is 12.0. The van der Waals surface area contributed by atoms with E-state index in [1.54, 1.807) is 14.1 Å². The molecule has 4 nitrogen and oxygen atoms in total. The number of carbonyl (C=O) groups is 1. The van der Waals surface area contributed by atoms with E-state index in [9.17, 15) is 4.79 Å². The van der Waals surface area contributed by atoms with E-state index in [0.29, 0.717) is 12.6 Å². The highest BCUT2D eigenvalue weighted by molar-refractivity contribution is 5.73. The number of aryl methyl sites for hydroxylation is 1. The number of carbonyl (C=O) groups excluding carboxylic acids is 1. The summed E-state index contributed by atoms with van der Waals surface area (Å²) in [5.74, 6) is 0. The third kappa shape index (κ3) is 5.61. The second kappa shape index (κ2) is 8.59. The smallest absolute Gasteiger partial charge is 0.316 e. The van der Waals surface area contributed by atoms with Gasteiger partial charge in [-0.3, -0.25) is 0 Å². The maximum Gasteiger partial charge on any atom is 0.316 e. The first-order chi connectivity index (χ1) is 9.54. The van der Waals surface area contributed by atoms with Crippen LogP contribution in [0.5, 0.6) is 0 Å². The van der Waals surface area contributed by atoms with Gasteiger partial charge in [-0.15, -0.1) is 0 Å². The summed E-state index contributed by atoms with van der Waals surface area (Å²) in [4.78, 5) is 12.9. The largest absolute Gasteiger partial charge is 0.337 e. The number of rotatable bonds is 7. The van der Waals surface area contributed by atoms with Gasteiger partial charge < -0.3 is 15.5 Å². The number of hydrogen-bond acceptors (Lipinski definition) is 2. The van der Waals surface area contributed by atoms with Crippen LogP contribution in [0.25, 0.3) is 0 Å². The van der Waals surface area contributed by atoms with E-state index < -0.39 is 0 Å². The molecule has 0 aliphatic carbocycles. The molecule has 0 aliphatic rings. The average Bonchev–Trinajstić information content (AvgIpc) is 2.44. The molecule has 1 aromatic carbocycles. The molecule has 0 fully saturated rings. The molecule has 0 spiro atoms. The third-order valence-corrected chi connectivity index (χ3v) is 3.28. The Labute approximate surface area is 122 Å². The van der Waals surface area contributed by atoms with Crippen LogP contribution in [0.3, 0.4) is 0 Å². The van der Waals surface area contributed by atoms with Crippen molar-refractivity contribution in [3.8, 4) is 0 Å². The molecule has 2 amide bonds. The van der Waals surface area contributed by atoms with Crippen LogP contribution in [0.2, 0.25) is 0 Å². The lowest BCUT2D eigenvalue weighted by Crippen LogP contribution is -2.38. The fourth-order valence-electron chi connectivity index (χ4n) is 2.00. The second-order valence-electron chi connectivity index (χ2n) is 5.29. The maximum atomic E-state index is 11.3.